The van der Waals surface area contributed by atoms with Gasteiger partial charge in [-0.25, -0.2) is 12.8 Å². The van der Waals surface area contributed by atoms with Crippen molar-refractivity contribution in [3.05, 3.63) is 65.0 Å². The molecule has 3 rings (SSSR count). The van der Waals surface area contributed by atoms with E-state index in [-0.39, 0.29) is 24.0 Å². The highest BCUT2D eigenvalue weighted by molar-refractivity contribution is 7.92. The van der Waals surface area contributed by atoms with Crippen molar-refractivity contribution >= 4 is 39.9 Å². The summed E-state index contributed by atoms with van der Waals surface area (Å²) in [5.74, 6) is -2.39. The van der Waals surface area contributed by atoms with Gasteiger partial charge in [0, 0.05) is 32.2 Å². The second-order valence-corrected chi connectivity index (χ2v) is 11.8. The van der Waals surface area contributed by atoms with E-state index in [1.54, 1.807) is 7.05 Å². The second kappa shape index (κ2) is 14.1. The third-order valence-electron chi connectivity index (χ3n) is 6.83. The average Bonchev–Trinajstić information content (AvgIpc) is 3.42. The van der Waals surface area contributed by atoms with E-state index in [4.69, 9.17) is 0 Å². The average molecular weight is 585 g/mol. The van der Waals surface area contributed by atoms with Crippen LogP contribution in [0.3, 0.4) is 0 Å². The first kappa shape index (κ1) is 32.5. The molecule has 1 aliphatic heterocycles. The van der Waals surface area contributed by atoms with Crippen molar-refractivity contribution in [1.29, 1.82) is 0 Å². The maximum Gasteiger partial charge on any atom is 0.254 e. The van der Waals surface area contributed by atoms with Crippen LogP contribution in [0.25, 0.3) is 0 Å². The molecule has 0 spiro atoms. The SMILES string of the molecule is CCCN(C)C(=O)c1cc(C(=O)N[C@@H](Cc2ccccc2)[C@H](O)[C@H]2CCCN2)c(F)c(N(C)S(C)(=O)=O)c1.Cl. The van der Waals surface area contributed by atoms with E-state index in [0.717, 1.165) is 50.4 Å². The van der Waals surface area contributed by atoms with Crippen molar-refractivity contribution in [3.8, 4) is 0 Å². The molecule has 2 amide bonds. The van der Waals surface area contributed by atoms with Gasteiger partial charge in [-0.1, -0.05) is 37.3 Å². The molecule has 216 valence electrons. The first-order chi connectivity index (χ1) is 17.9. The van der Waals surface area contributed by atoms with Gasteiger partial charge < -0.3 is 20.6 Å². The van der Waals surface area contributed by atoms with Crippen LogP contribution in [-0.4, -0.2) is 81.9 Å². The Bertz CT molecular complexity index is 1240. The van der Waals surface area contributed by atoms with Crippen LogP contribution in [0, 0.1) is 5.82 Å². The van der Waals surface area contributed by atoms with Crippen molar-refractivity contribution in [2.24, 2.45) is 0 Å². The lowest BCUT2D eigenvalue weighted by atomic mass is 9.95. The number of hydrogen-bond donors (Lipinski definition) is 3. The Balaban J connectivity index is 0.00000533. The molecule has 0 aromatic heterocycles. The largest absolute Gasteiger partial charge is 0.389 e. The smallest absolute Gasteiger partial charge is 0.254 e. The summed E-state index contributed by atoms with van der Waals surface area (Å²) in [6.45, 7) is 3.07. The Morgan fingerprint density at radius 3 is 2.44 bits per heavy atom. The number of nitrogens with zero attached hydrogens (tertiary/aromatic N) is 2. The minimum atomic E-state index is -3.89. The number of carbonyl (C=O) groups excluding carboxylic acids is 2. The first-order valence-corrected chi connectivity index (χ1v) is 14.6. The summed E-state index contributed by atoms with van der Waals surface area (Å²) in [5, 5.41) is 17.1. The number of anilines is 1. The van der Waals surface area contributed by atoms with Gasteiger partial charge in [-0.2, -0.15) is 0 Å². The molecule has 1 fully saturated rings. The molecule has 0 aliphatic carbocycles. The summed E-state index contributed by atoms with van der Waals surface area (Å²) in [5.41, 5.74) is -0.0320. The van der Waals surface area contributed by atoms with Crippen molar-refractivity contribution in [2.75, 3.05) is 37.7 Å². The molecule has 0 saturated carbocycles. The number of sulfonamides is 1. The van der Waals surface area contributed by atoms with Gasteiger partial charge in [0.25, 0.3) is 11.8 Å². The minimum Gasteiger partial charge on any atom is -0.389 e. The fraction of sp³-hybridized carbons (Fsp3) is 0.481. The van der Waals surface area contributed by atoms with Gasteiger partial charge in [0.05, 0.1) is 29.7 Å². The number of carbonyl (C=O) groups is 2. The van der Waals surface area contributed by atoms with Crippen molar-refractivity contribution in [2.45, 2.75) is 50.8 Å². The zero-order valence-electron chi connectivity index (χ0n) is 22.7. The molecule has 0 bridgehead atoms. The molecular formula is C27H38ClFN4O5S. The highest BCUT2D eigenvalue weighted by atomic mass is 35.5. The number of amides is 2. The zero-order chi connectivity index (χ0) is 28.0. The molecule has 9 nitrogen and oxygen atoms in total. The van der Waals surface area contributed by atoms with Crippen LogP contribution in [-0.2, 0) is 16.4 Å². The predicted octanol–water partition coefficient (Wildman–Crippen LogP) is 2.58. The number of rotatable bonds is 11. The Labute approximate surface area is 236 Å². The van der Waals surface area contributed by atoms with Crippen molar-refractivity contribution < 1.29 is 27.5 Å². The van der Waals surface area contributed by atoms with Gasteiger partial charge >= 0.3 is 0 Å². The number of aliphatic hydroxyl groups excluding tert-OH is 1. The molecule has 1 aliphatic rings. The van der Waals surface area contributed by atoms with Gasteiger partial charge in [-0.15, -0.1) is 12.4 Å². The maximum atomic E-state index is 15.7. The normalized spacial score (nSPS) is 16.6. The Morgan fingerprint density at radius 2 is 1.87 bits per heavy atom. The molecule has 2 aromatic rings. The van der Waals surface area contributed by atoms with Gasteiger partial charge in [0.15, 0.2) is 5.82 Å². The Kier molecular flexibility index (Phi) is 11.7. The van der Waals surface area contributed by atoms with E-state index < -0.39 is 51.1 Å². The minimum absolute atomic E-state index is 0. The second-order valence-electron chi connectivity index (χ2n) is 9.78. The number of nitrogens with one attached hydrogen (secondary N) is 2. The summed E-state index contributed by atoms with van der Waals surface area (Å²) in [6, 6.07) is 10.6. The van der Waals surface area contributed by atoms with Gasteiger partial charge in [-0.3, -0.25) is 13.9 Å². The van der Waals surface area contributed by atoms with Crippen LogP contribution in [0.1, 0.15) is 52.5 Å². The van der Waals surface area contributed by atoms with Crippen molar-refractivity contribution in [1.82, 2.24) is 15.5 Å². The molecule has 12 heteroatoms. The molecule has 1 heterocycles. The highest BCUT2D eigenvalue weighted by Gasteiger charge is 2.33. The molecule has 3 N–H and O–H groups in total. The van der Waals surface area contributed by atoms with E-state index in [1.165, 1.54) is 4.90 Å². The standard InChI is InChI=1S/C27H37FN4O5S.ClH/c1-5-14-31(2)27(35)19-16-20(24(28)23(17-19)32(3)38(4,36)37)26(34)30-22(15-18-10-7-6-8-11-18)25(33)21-12-9-13-29-21;/h6-8,10-11,16-17,21-22,25,29,33H,5,9,12-15H2,1-4H3,(H,30,34);1H/t21-,22+,25-;/m1./s1. The van der Waals surface area contributed by atoms with Crippen molar-refractivity contribution in [3.63, 3.8) is 0 Å². The van der Waals surface area contributed by atoms with Gasteiger partial charge in [0.1, 0.15) is 0 Å². The Hall–Kier alpha value is -2.73. The lowest BCUT2D eigenvalue weighted by molar-refractivity contribution is 0.0735. The molecular weight excluding hydrogens is 547 g/mol. The maximum absolute atomic E-state index is 15.7. The van der Waals surface area contributed by atoms with Crippen LogP contribution < -0.4 is 14.9 Å². The van der Waals surface area contributed by atoms with E-state index in [2.05, 4.69) is 10.6 Å². The van der Waals surface area contributed by atoms with Gasteiger partial charge in [-0.05, 0) is 49.9 Å². The third kappa shape index (κ3) is 8.14. The zero-order valence-corrected chi connectivity index (χ0v) is 24.3. The third-order valence-corrected chi connectivity index (χ3v) is 8.02. The van der Waals surface area contributed by atoms with Gasteiger partial charge in [0.2, 0.25) is 10.0 Å². The first-order valence-electron chi connectivity index (χ1n) is 12.7. The molecule has 39 heavy (non-hydrogen) atoms. The summed E-state index contributed by atoms with van der Waals surface area (Å²) in [4.78, 5) is 28.0. The van der Waals surface area contributed by atoms with E-state index in [9.17, 15) is 23.1 Å². The predicted molar refractivity (Wildman–Crippen MR) is 153 cm³/mol. The molecule has 0 unspecified atom stereocenters. The van der Waals surface area contributed by atoms with Crippen LogP contribution in [0.2, 0.25) is 0 Å². The topological polar surface area (TPSA) is 119 Å². The number of benzene rings is 2. The number of halogens is 2. The van der Waals surface area contributed by atoms with E-state index in [0.29, 0.717) is 23.7 Å². The van der Waals surface area contributed by atoms with Crippen LogP contribution in [0.15, 0.2) is 42.5 Å². The van der Waals surface area contributed by atoms with Crippen LogP contribution in [0.4, 0.5) is 10.1 Å². The van der Waals surface area contributed by atoms with Crippen LogP contribution in [0.5, 0.6) is 0 Å². The lowest BCUT2D eigenvalue weighted by Crippen LogP contribution is -2.52. The highest BCUT2D eigenvalue weighted by Crippen LogP contribution is 2.27. The molecule has 3 atom stereocenters. The Morgan fingerprint density at radius 1 is 1.21 bits per heavy atom. The number of hydrogen-bond acceptors (Lipinski definition) is 6. The fourth-order valence-corrected chi connectivity index (χ4v) is 5.11. The fourth-order valence-electron chi connectivity index (χ4n) is 4.62. The summed E-state index contributed by atoms with van der Waals surface area (Å²) in [7, 11) is -1.15. The summed E-state index contributed by atoms with van der Waals surface area (Å²) in [6.07, 6.45) is 2.54. The summed E-state index contributed by atoms with van der Waals surface area (Å²) < 4.78 is 40.9. The quantitative estimate of drug-likeness (QED) is 0.374. The molecule has 2 aromatic carbocycles. The molecule has 1 saturated heterocycles. The molecule has 0 radical (unpaired) electrons. The lowest BCUT2D eigenvalue weighted by Gasteiger charge is -2.29. The van der Waals surface area contributed by atoms with Crippen LogP contribution >= 0.6 is 12.4 Å². The number of aliphatic hydroxyl groups is 1. The summed E-state index contributed by atoms with van der Waals surface area (Å²) >= 11 is 0. The van der Waals surface area contributed by atoms with E-state index in [1.807, 2.05) is 37.3 Å². The monoisotopic (exact) mass is 584 g/mol. The van der Waals surface area contributed by atoms with E-state index >= 15 is 4.39 Å².